The molecule has 0 saturated carbocycles. The fraction of sp³-hybridized carbons (Fsp3) is 0.692. The van der Waals surface area contributed by atoms with Gasteiger partial charge in [-0.15, -0.1) is 11.3 Å². The van der Waals surface area contributed by atoms with Gasteiger partial charge in [-0.2, -0.15) is 4.31 Å². The molecule has 0 unspecified atom stereocenters. The van der Waals surface area contributed by atoms with Crippen LogP contribution in [0.4, 0.5) is 0 Å². The molecule has 0 aromatic carbocycles. The fourth-order valence-electron chi connectivity index (χ4n) is 2.36. The molecule has 8 heteroatoms. The van der Waals surface area contributed by atoms with Gasteiger partial charge in [0.1, 0.15) is 0 Å². The second-order valence-corrected chi connectivity index (χ2v) is 10.1. The lowest BCUT2D eigenvalue weighted by Crippen LogP contribution is -2.49. The molecule has 0 spiro atoms. The van der Waals surface area contributed by atoms with Crippen molar-refractivity contribution in [2.24, 2.45) is 0 Å². The number of thiophene rings is 1. The van der Waals surface area contributed by atoms with Gasteiger partial charge in [-0.05, 0) is 43.0 Å². The van der Waals surface area contributed by atoms with Crippen molar-refractivity contribution in [2.45, 2.75) is 11.8 Å². The zero-order valence-electron chi connectivity index (χ0n) is 12.7. The van der Waals surface area contributed by atoms with Gasteiger partial charge in [0.05, 0.1) is 8.68 Å². The molecule has 21 heavy (non-hydrogen) atoms. The molecular formula is C13H22BrN3O2S2. The Morgan fingerprint density at radius 2 is 1.90 bits per heavy atom. The number of nitrogens with zero attached hydrogens (tertiary/aromatic N) is 3. The van der Waals surface area contributed by atoms with E-state index < -0.39 is 10.0 Å². The van der Waals surface area contributed by atoms with E-state index in [9.17, 15) is 8.42 Å². The summed E-state index contributed by atoms with van der Waals surface area (Å²) in [7, 11) is 0.757. The Labute approximate surface area is 139 Å². The zero-order valence-corrected chi connectivity index (χ0v) is 15.9. The Kier molecular flexibility index (Phi) is 5.84. The topological polar surface area (TPSA) is 43.9 Å². The minimum atomic E-state index is -3.35. The highest BCUT2D eigenvalue weighted by Gasteiger charge is 2.30. The number of halogens is 1. The molecular weight excluding hydrogens is 374 g/mol. The van der Waals surface area contributed by atoms with E-state index in [1.165, 1.54) is 11.3 Å². The summed E-state index contributed by atoms with van der Waals surface area (Å²) in [5.41, 5.74) is 0. The van der Waals surface area contributed by atoms with Crippen LogP contribution in [0.15, 0.2) is 14.7 Å². The van der Waals surface area contributed by atoms with Crippen molar-refractivity contribution >= 4 is 37.3 Å². The van der Waals surface area contributed by atoms with Gasteiger partial charge in [0.25, 0.3) is 0 Å². The number of aryl methyl sites for hydroxylation is 1. The SMILES string of the molecule is Cc1sc(Br)cc1S(=O)(=O)N1CCN(CCN(C)C)CC1. The summed E-state index contributed by atoms with van der Waals surface area (Å²) < 4.78 is 27.8. The Hall–Kier alpha value is 0.01000. The molecule has 0 bridgehead atoms. The molecule has 5 nitrogen and oxygen atoms in total. The van der Waals surface area contributed by atoms with Crippen LogP contribution in [-0.4, -0.2) is 75.9 Å². The third-order valence-corrected chi connectivity index (χ3v) is 7.36. The summed E-state index contributed by atoms with van der Waals surface area (Å²) in [4.78, 5) is 5.76. The first-order valence-electron chi connectivity index (χ1n) is 6.94. The van der Waals surface area contributed by atoms with Crippen molar-refractivity contribution in [3.63, 3.8) is 0 Å². The average Bonchev–Trinajstić information content (AvgIpc) is 2.76. The van der Waals surface area contributed by atoms with Gasteiger partial charge in [0.2, 0.25) is 10.0 Å². The van der Waals surface area contributed by atoms with Crippen molar-refractivity contribution in [2.75, 3.05) is 53.4 Å². The van der Waals surface area contributed by atoms with Crippen molar-refractivity contribution in [3.05, 3.63) is 14.7 Å². The number of likely N-dealkylation sites (N-methyl/N-ethyl adjacent to an activating group) is 1. The predicted molar refractivity (Wildman–Crippen MR) is 90.5 cm³/mol. The predicted octanol–water partition coefficient (Wildman–Crippen LogP) is 1.69. The molecule has 1 aliphatic heterocycles. The van der Waals surface area contributed by atoms with Crippen molar-refractivity contribution < 1.29 is 8.42 Å². The summed E-state index contributed by atoms with van der Waals surface area (Å²) in [5.74, 6) is 0. The fourth-order valence-corrected chi connectivity index (χ4v) is 6.17. The van der Waals surface area contributed by atoms with Crippen LogP contribution in [-0.2, 0) is 10.0 Å². The molecule has 1 fully saturated rings. The summed E-state index contributed by atoms with van der Waals surface area (Å²) in [5, 5.41) is 0. The van der Waals surface area contributed by atoms with E-state index in [0.29, 0.717) is 18.0 Å². The van der Waals surface area contributed by atoms with Crippen LogP contribution in [0.5, 0.6) is 0 Å². The molecule has 0 aliphatic carbocycles. The maximum Gasteiger partial charge on any atom is 0.244 e. The first-order chi connectivity index (χ1) is 9.80. The molecule has 0 radical (unpaired) electrons. The van der Waals surface area contributed by atoms with Gasteiger partial charge in [0.15, 0.2) is 0 Å². The van der Waals surface area contributed by atoms with Crippen LogP contribution in [0.1, 0.15) is 4.88 Å². The lowest BCUT2D eigenvalue weighted by molar-refractivity contribution is 0.174. The van der Waals surface area contributed by atoms with E-state index in [4.69, 9.17) is 0 Å². The van der Waals surface area contributed by atoms with E-state index in [0.717, 1.165) is 34.8 Å². The Bertz CT molecular complexity index is 578. The quantitative estimate of drug-likeness (QED) is 0.760. The highest BCUT2D eigenvalue weighted by atomic mass is 79.9. The molecule has 1 saturated heterocycles. The summed E-state index contributed by atoms with van der Waals surface area (Å²) in [6, 6.07) is 1.72. The molecule has 0 atom stereocenters. The lowest BCUT2D eigenvalue weighted by Gasteiger charge is -2.34. The van der Waals surface area contributed by atoms with Crippen LogP contribution in [0, 0.1) is 6.92 Å². The average molecular weight is 396 g/mol. The van der Waals surface area contributed by atoms with Crippen LogP contribution in [0.25, 0.3) is 0 Å². The van der Waals surface area contributed by atoms with Gasteiger partial charge in [0, 0.05) is 44.1 Å². The van der Waals surface area contributed by atoms with Crippen molar-refractivity contribution in [3.8, 4) is 0 Å². The van der Waals surface area contributed by atoms with Crippen molar-refractivity contribution in [1.29, 1.82) is 0 Å². The maximum absolute atomic E-state index is 12.7. The van der Waals surface area contributed by atoms with Gasteiger partial charge in [-0.25, -0.2) is 8.42 Å². The number of sulfonamides is 1. The van der Waals surface area contributed by atoms with E-state index in [2.05, 4.69) is 39.8 Å². The van der Waals surface area contributed by atoms with Gasteiger partial charge < -0.3 is 4.90 Å². The standard InChI is InChI=1S/C13H22BrN3O2S2/c1-11-12(10-13(14)20-11)21(18,19)17-8-6-16(7-9-17)5-4-15(2)3/h10H,4-9H2,1-3H3. The number of hydrogen-bond donors (Lipinski definition) is 0. The molecule has 2 rings (SSSR count). The normalized spacial score (nSPS) is 18.5. The third-order valence-electron chi connectivity index (χ3n) is 3.65. The molecule has 1 aromatic heterocycles. The van der Waals surface area contributed by atoms with Crippen LogP contribution >= 0.6 is 27.3 Å². The summed E-state index contributed by atoms with van der Waals surface area (Å²) in [6.45, 7) is 6.60. The highest BCUT2D eigenvalue weighted by molar-refractivity contribution is 9.11. The third kappa shape index (κ3) is 4.27. The van der Waals surface area contributed by atoms with Crippen LogP contribution < -0.4 is 0 Å². The number of hydrogen-bond acceptors (Lipinski definition) is 5. The minimum absolute atomic E-state index is 0.445. The summed E-state index contributed by atoms with van der Waals surface area (Å²) >= 11 is 4.83. The smallest absolute Gasteiger partial charge is 0.244 e. The van der Waals surface area contributed by atoms with Gasteiger partial charge in [-0.1, -0.05) is 0 Å². The second kappa shape index (κ2) is 7.06. The first-order valence-corrected chi connectivity index (χ1v) is 9.99. The largest absolute Gasteiger partial charge is 0.308 e. The minimum Gasteiger partial charge on any atom is -0.308 e. The molecule has 0 amide bonds. The highest BCUT2D eigenvalue weighted by Crippen LogP contribution is 2.31. The Morgan fingerprint density at radius 3 is 2.38 bits per heavy atom. The first kappa shape index (κ1) is 17.4. The molecule has 2 heterocycles. The number of piperazine rings is 1. The zero-order chi connectivity index (χ0) is 15.6. The number of rotatable bonds is 5. The Morgan fingerprint density at radius 1 is 1.29 bits per heavy atom. The van der Waals surface area contributed by atoms with Crippen molar-refractivity contribution in [1.82, 2.24) is 14.1 Å². The van der Waals surface area contributed by atoms with E-state index in [-0.39, 0.29) is 0 Å². The van der Waals surface area contributed by atoms with Gasteiger partial charge in [-0.3, -0.25) is 4.90 Å². The monoisotopic (exact) mass is 395 g/mol. The molecule has 120 valence electrons. The van der Waals surface area contributed by atoms with Crippen LogP contribution in [0.2, 0.25) is 0 Å². The second-order valence-electron chi connectivity index (χ2n) is 5.52. The lowest BCUT2D eigenvalue weighted by atomic mass is 10.3. The molecule has 1 aliphatic rings. The van der Waals surface area contributed by atoms with Gasteiger partial charge >= 0.3 is 0 Å². The Balaban J connectivity index is 2.00. The van der Waals surface area contributed by atoms with Crippen LogP contribution in [0.3, 0.4) is 0 Å². The van der Waals surface area contributed by atoms with E-state index >= 15 is 0 Å². The van der Waals surface area contributed by atoms with E-state index in [1.54, 1.807) is 10.4 Å². The van der Waals surface area contributed by atoms with E-state index in [1.807, 2.05) is 6.92 Å². The molecule has 1 aromatic rings. The maximum atomic E-state index is 12.7. The summed E-state index contributed by atoms with van der Waals surface area (Å²) in [6.07, 6.45) is 0. The molecule has 0 N–H and O–H groups in total.